The van der Waals surface area contributed by atoms with Gasteiger partial charge in [0.25, 0.3) is 0 Å². The molecule has 0 radical (unpaired) electrons. The molecule has 0 saturated heterocycles. The second kappa shape index (κ2) is 6.23. The van der Waals surface area contributed by atoms with Crippen LogP contribution >= 0.6 is 36.4 Å². The van der Waals surface area contributed by atoms with Crippen molar-refractivity contribution < 1.29 is 0 Å². The second-order valence-corrected chi connectivity index (χ2v) is 5.44. The van der Waals surface area contributed by atoms with Crippen molar-refractivity contribution >= 4 is 40.8 Å². The van der Waals surface area contributed by atoms with Crippen molar-refractivity contribution in [3.8, 4) is 0 Å². The molecule has 0 saturated carbocycles. The predicted molar refractivity (Wildman–Crippen MR) is 84.5 cm³/mol. The predicted octanol–water partition coefficient (Wildman–Crippen LogP) is 4.23. The Kier molecular flexibility index (Phi) is 4.64. The van der Waals surface area contributed by atoms with Gasteiger partial charge in [0.2, 0.25) is 0 Å². The summed E-state index contributed by atoms with van der Waals surface area (Å²) in [5.41, 5.74) is 2.23. The van der Waals surface area contributed by atoms with Crippen LogP contribution in [0.25, 0.3) is 0 Å². The van der Waals surface area contributed by atoms with Gasteiger partial charge in [0.1, 0.15) is 4.32 Å². The van der Waals surface area contributed by atoms with Crippen LogP contribution in [-0.4, -0.2) is 4.32 Å². The van der Waals surface area contributed by atoms with Gasteiger partial charge in [-0.25, -0.2) is 0 Å². The standard InChI is InChI=1S/C14H12ClNS2/c15-12-8-6-11(7-9-12)13(16-14(17)18)10-4-2-1-3-5-10/h1-9,13H,(H2,16,17,18). The molecule has 0 aromatic heterocycles. The fourth-order valence-electron chi connectivity index (χ4n) is 1.78. The van der Waals surface area contributed by atoms with Crippen LogP contribution < -0.4 is 5.32 Å². The van der Waals surface area contributed by atoms with Crippen LogP contribution in [-0.2, 0) is 0 Å². The molecule has 0 amide bonds. The molecule has 1 atom stereocenters. The topological polar surface area (TPSA) is 12.0 Å². The zero-order valence-corrected chi connectivity index (χ0v) is 12.0. The average molecular weight is 294 g/mol. The number of hydrogen-bond acceptors (Lipinski definition) is 1. The molecule has 0 heterocycles. The van der Waals surface area contributed by atoms with E-state index >= 15 is 0 Å². The van der Waals surface area contributed by atoms with E-state index in [2.05, 4.69) is 30.1 Å². The van der Waals surface area contributed by atoms with Crippen molar-refractivity contribution in [3.63, 3.8) is 0 Å². The highest BCUT2D eigenvalue weighted by molar-refractivity contribution is 8.11. The number of nitrogens with one attached hydrogen (secondary N) is 1. The Morgan fingerprint density at radius 3 is 2.11 bits per heavy atom. The minimum absolute atomic E-state index is 0.00605. The van der Waals surface area contributed by atoms with Crippen molar-refractivity contribution in [2.45, 2.75) is 6.04 Å². The normalized spacial score (nSPS) is 11.9. The highest BCUT2D eigenvalue weighted by Gasteiger charge is 2.13. The Balaban J connectivity index is 2.36. The summed E-state index contributed by atoms with van der Waals surface area (Å²) < 4.78 is 0.471. The molecule has 0 spiro atoms. The van der Waals surface area contributed by atoms with Gasteiger partial charge < -0.3 is 5.32 Å². The largest absolute Gasteiger partial charge is 0.360 e. The average Bonchev–Trinajstić information content (AvgIpc) is 2.38. The zero-order valence-electron chi connectivity index (χ0n) is 9.51. The third-order valence-electron chi connectivity index (χ3n) is 2.60. The second-order valence-electron chi connectivity index (χ2n) is 3.84. The van der Waals surface area contributed by atoms with Crippen LogP contribution in [0, 0.1) is 0 Å². The van der Waals surface area contributed by atoms with Crippen molar-refractivity contribution in [3.05, 3.63) is 70.7 Å². The molecule has 2 aromatic carbocycles. The Labute approximate surface area is 123 Å². The van der Waals surface area contributed by atoms with E-state index in [1.807, 2.05) is 42.5 Å². The van der Waals surface area contributed by atoms with Crippen LogP contribution in [0.2, 0.25) is 5.02 Å². The summed E-state index contributed by atoms with van der Waals surface area (Å²) in [6.07, 6.45) is 0. The van der Waals surface area contributed by atoms with Gasteiger partial charge in [0.15, 0.2) is 0 Å². The SMILES string of the molecule is S=C(S)NC(c1ccccc1)c1ccc(Cl)cc1. The minimum Gasteiger partial charge on any atom is -0.360 e. The molecule has 0 fully saturated rings. The Morgan fingerprint density at radius 2 is 1.56 bits per heavy atom. The van der Waals surface area contributed by atoms with Crippen molar-refractivity contribution in [1.29, 1.82) is 0 Å². The third-order valence-corrected chi connectivity index (χ3v) is 3.10. The summed E-state index contributed by atoms with van der Waals surface area (Å²) in [4.78, 5) is 0. The Bertz CT molecular complexity index is 525. The highest BCUT2D eigenvalue weighted by atomic mass is 35.5. The summed E-state index contributed by atoms with van der Waals surface area (Å²) in [7, 11) is 0. The molecule has 1 N–H and O–H groups in total. The Hall–Kier alpha value is -1.03. The van der Waals surface area contributed by atoms with Gasteiger partial charge in [-0.2, -0.15) is 0 Å². The molecular weight excluding hydrogens is 282 g/mol. The van der Waals surface area contributed by atoms with E-state index in [9.17, 15) is 0 Å². The fourth-order valence-corrected chi connectivity index (χ4v) is 2.16. The van der Waals surface area contributed by atoms with E-state index in [0.29, 0.717) is 4.32 Å². The van der Waals surface area contributed by atoms with E-state index in [4.69, 9.17) is 23.8 Å². The van der Waals surface area contributed by atoms with Crippen molar-refractivity contribution in [2.24, 2.45) is 0 Å². The smallest absolute Gasteiger partial charge is 0.131 e. The van der Waals surface area contributed by atoms with Crippen LogP contribution in [0.3, 0.4) is 0 Å². The minimum atomic E-state index is -0.00605. The van der Waals surface area contributed by atoms with E-state index in [1.165, 1.54) is 0 Å². The van der Waals surface area contributed by atoms with E-state index in [0.717, 1.165) is 16.1 Å². The van der Waals surface area contributed by atoms with E-state index in [1.54, 1.807) is 0 Å². The maximum atomic E-state index is 5.91. The molecule has 0 aliphatic rings. The van der Waals surface area contributed by atoms with Gasteiger partial charge in [-0.3, -0.25) is 0 Å². The lowest BCUT2D eigenvalue weighted by Gasteiger charge is -2.19. The quantitative estimate of drug-likeness (QED) is 0.649. The highest BCUT2D eigenvalue weighted by Crippen LogP contribution is 2.23. The van der Waals surface area contributed by atoms with Gasteiger partial charge in [-0.1, -0.05) is 66.3 Å². The lowest BCUT2D eigenvalue weighted by atomic mass is 9.99. The molecule has 2 rings (SSSR count). The van der Waals surface area contributed by atoms with Crippen LogP contribution in [0.4, 0.5) is 0 Å². The van der Waals surface area contributed by atoms with Gasteiger partial charge in [-0.05, 0) is 23.3 Å². The van der Waals surface area contributed by atoms with Gasteiger partial charge >= 0.3 is 0 Å². The summed E-state index contributed by atoms with van der Waals surface area (Å²) >= 11 is 15.1. The number of halogens is 1. The zero-order chi connectivity index (χ0) is 13.0. The van der Waals surface area contributed by atoms with E-state index < -0.39 is 0 Å². The molecule has 1 unspecified atom stereocenters. The number of rotatable bonds is 3. The lowest BCUT2D eigenvalue weighted by molar-refractivity contribution is 0.777. The molecule has 92 valence electrons. The Morgan fingerprint density at radius 1 is 1.00 bits per heavy atom. The molecule has 1 nitrogen and oxygen atoms in total. The first kappa shape index (κ1) is 13.4. The molecular formula is C14H12ClNS2. The summed E-state index contributed by atoms with van der Waals surface area (Å²) in [6.45, 7) is 0. The summed E-state index contributed by atoms with van der Waals surface area (Å²) in [5.74, 6) is 0. The van der Waals surface area contributed by atoms with Gasteiger partial charge in [0.05, 0.1) is 6.04 Å². The molecule has 2 aromatic rings. The molecule has 0 aliphatic carbocycles. The van der Waals surface area contributed by atoms with Gasteiger partial charge in [-0.15, -0.1) is 12.6 Å². The number of thiocarbonyl (C=S) groups is 1. The maximum absolute atomic E-state index is 5.91. The molecule has 0 aliphatic heterocycles. The number of benzene rings is 2. The first-order valence-corrected chi connectivity index (χ1v) is 6.70. The molecule has 0 bridgehead atoms. The van der Waals surface area contributed by atoms with Crippen molar-refractivity contribution in [1.82, 2.24) is 5.32 Å². The summed E-state index contributed by atoms with van der Waals surface area (Å²) in [5, 5.41) is 3.91. The maximum Gasteiger partial charge on any atom is 0.131 e. The van der Waals surface area contributed by atoms with Crippen molar-refractivity contribution in [2.75, 3.05) is 0 Å². The first-order valence-electron chi connectivity index (χ1n) is 5.46. The van der Waals surface area contributed by atoms with Crippen LogP contribution in [0.15, 0.2) is 54.6 Å². The first-order chi connectivity index (χ1) is 8.66. The number of hydrogen-bond donors (Lipinski definition) is 2. The van der Waals surface area contributed by atoms with E-state index in [-0.39, 0.29) is 6.04 Å². The summed E-state index contributed by atoms with van der Waals surface area (Å²) in [6, 6.07) is 17.8. The lowest BCUT2D eigenvalue weighted by Crippen LogP contribution is -2.24. The fraction of sp³-hybridized carbons (Fsp3) is 0.0714. The molecule has 4 heteroatoms. The van der Waals surface area contributed by atoms with Crippen LogP contribution in [0.5, 0.6) is 0 Å². The van der Waals surface area contributed by atoms with Gasteiger partial charge in [0, 0.05) is 5.02 Å². The monoisotopic (exact) mass is 293 g/mol. The third kappa shape index (κ3) is 3.48. The number of thiol groups is 1. The van der Waals surface area contributed by atoms with Crippen LogP contribution in [0.1, 0.15) is 17.2 Å². The molecule has 18 heavy (non-hydrogen) atoms.